The smallest absolute Gasteiger partial charge is 0.255 e. The molecule has 0 bridgehead atoms. The highest BCUT2D eigenvalue weighted by Gasteiger charge is 2.29. The molecule has 1 heterocycles. The first-order chi connectivity index (χ1) is 12.6. The van der Waals surface area contributed by atoms with Gasteiger partial charge in [0.15, 0.2) is 0 Å². The number of hydrogen-bond donors (Lipinski definition) is 2. The van der Waals surface area contributed by atoms with E-state index in [2.05, 4.69) is 10.6 Å². The Morgan fingerprint density at radius 2 is 1.85 bits per heavy atom. The molecule has 1 aliphatic rings. The van der Waals surface area contributed by atoms with Gasteiger partial charge in [-0.25, -0.2) is 0 Å². The lowest BCUT2D eigenvalue weighted by molar-refractivity contribution is 0.0736. The third kappa shape index (κ3) is 4.87. The summed E-state index contributed by atoms with van der Waals surface area (Å²) in [5.74, 6) is -0.148. The number of hydrogen-bond acceptors (Lipinski definition) is 3. The van der Waals surface area contributed by atoms with E-state index < -0.39 is 0 Å². The van der Waals surface area contributed by atoms with E-state index >= 15 is 0 Å². The average molecular weight is 388 g/mol. The number of carbonyl (C=O) groups is 2. The number of aryl methyl sites for hydroxylation is 1. The van der Waals surface area contributed by atoms with Gasteiger partial charge in [-0.1, -0.05) is 24.3 Å². The zero-order valence-corrected chi connectivity index (χ0v) is 16.5. The van der Waals surface area contributed by atoms with Gasteiger partial charge in [0, 0.05) is 35.9 Å². The molecule has 0 aromatic heterocycles. The number of anilines is 1. The van der Waals surface area contributed by atoms with Gasteiger partial charge in [-0.2, -0.15) is 0 Å². The van der Waals surface area contributed by atoms with Gasteiger partial charge in [0.2, 0.25) is 0 Å². The lowest BCUT2D eigenvalue weighted by atomic mass is 10.1. The fourth-order valence-electron chi connectivity index (χ4n) is 3.39. The number of likely N-dealkylation sites (tertiary alicyclic amines) is 1. The quantitative estimate of drug-likeness (QED) is 0.825. The van der Waals surface area contributed by atoms with Crippen molar-refractivity contribution in [1.82, 2.24) is 10.2 Å². The van der Waals surface area contributed by atoms with Crippen LogP contribution in [0, 0.1) is 6.92 Å². The standard InChI is InChI=1S/C21H25N3O2.ClH/c1-15-10-11-17(21(26)24-12-6-9-18(24)14-22-2)13-19(15)23-20(25)16-7-4-3-5-8-16;/h3-5,7-8,10-11,13,18,22H,6,9,12,14H2,1-2H3,(H,23,25);1H. The van der Waals surface area contributed by atoms with E-state index in [1.807, 2.05) is 49.2 Å². The molecule has 0 saturated carbocycles. The van der Waals surface area contributed by atoms with Gasteiger partial charge in [-0.05, 0) is 56.6 Å². The van der Waals surface area contributed by atoms with Crippen molar-refractivity contribution < 1.29 is 9.59 Å². The van der Waals surface area contributed by atoms with Gasteiger partial charge in [0.1, 0.15) is 0 Å². The predicted octanol–water partition coefficient (Wildman–Crippen LogP) is 3.49. The molecule has 1 aliphatic heterocycles. The predicted molar refractivity (Wildman–Crippen MR) is 111 cm³/mol. The van der Waals surface area contributed by atoms with Crippen LogP contribution in [0.3, 0.4) is 0 Å². The van der Waals surface area contributed by atoms with Crippen LogP contribution in [0.25, 0.3) is 0 Å². The minimum atomic E-state index is -0.174. The zero-order chi connectivity index (χ0) is 18.5. The SMILES string of the molecule is CNCC1CCCN1C(=O)c1ccc(C)c(NC(=O)c2ccccc2)c1.Cl. The third-order valence-electron chi connectivity index (χ3n) is 4.85. The van der Waals surface area contributed by atoms with Crippen LogP contribution in [-0.2, 0) is 0 Å². The fraction of sp³-hybridized carbons (Fsp3) is 0.333. The Morgan fingerprint density at radius 3 is 2.56 bits per heavy atom. The molecule has 1 saturated heterocycles. The molecule has 2 amide bonds. The van der Waals surface area contributed by atoms with Crippen molar-refractivity contribution in [2.75, 3.05) is 25.5 Å². The number of nitrogens with zero attached hydrogens (tertiary/aromatic N) is 1. The van der Waals surface area contributed by atoms with Crippen molar-refractivity contribution in [1.29, 1.82) is 0 Å². The van der Waals surface area contributed by atoms with Crippen molar-refractivity contribution in [3.63, 3.8) is 0 Å². The van der Waals surface area contributed by atoms with Gasteiger partial charge >= 0.3 is 0 Å². The molecule has 0 radical (unpaired) electrons. The lowest BCUT2D eigenvalue weighted by Gasteiger charge is -2.25. The summed E-state index contributed by atoms with van der Waals surface area (Å²) < 4.78 is 0. The summed E-state index contributed by atoms with van der Waals surface area (Å²) in [7, 11) is 1.91. The molecule has 5 nitrogen and oxygen atoms in total. The summed E-state index contributed by atoms with van der Waals surface area (Å²) >= 11 is 0. The maximum absolute atomic E-state index is 12.9. The summed E-state index contributed by atoms with van der Waals surface area (Å²) in [5, 5.41) is 6.09. The second-order valence-corrected chi connectivity index (χ2v) is 6.70. The molecule has 2 N–H and O–H groups in total. The Morgan fingerprint density at radius 1 is 1.11 bits per heavy atom. The highest BCUT2D eigenvalue weighted by Crippen LogP contribution is 2.23. The molecule has 2 aromatic rings. The molecule has 0 spiro atoms. The van der Waals surface area contributed by atoms with Crippen LogP contribution < -0.4 is 10.6 Å². The van der Waals surface area contributed by atoms with E-state index in [9.17, 15) is 9.59 Å². The number of rotatable bonds is 5. The highest BCUT2D eigenvalue weighted by molar-refractivity contribution is 6.05. The van der Waals surface area contributed by atoms with Crippen molar-refractivity contribution in [2.45, 2.75) is 25.8 Å². The van der Waals surface area contributed by atoms with Gasteiger partial charge in [0.25, 0.3) is 11.8 Å². The maximum Gasteiger partial charge on any atom is 0.255 e. The molecule has 27 heavy (non-hydrogen) atoms. The molecule has 6 heteroatoms. The van der Waals surface area contributed by atoms with Crippen LogP contribution in [0.1, 0.15) is 39.1 Å². The third-order valence-corrected chi connectivity index (χ3v) is 4.85. The number of benzene rings is 2. The number of halogens is 1. The number of carbonyl (C=O) groups excluding carboxylic acids is 2. The topological polar surface area (TPSA) is 61.4 Å². The molecule has 144 valence electrons. The van der Waals surface area contributed by atoms with Crippen LogP contribution in [0.15, 0.2) is 48.5 Å². The fourth-order valence-corrected chi connectivity index (χ4v) is 3.39. The van der Waals surface area contributed by atoms with Crippen molar-refractivity contribution >= 4 is 29.9 Å². The monoisotopic (exact) mass is 387 g/mol. The second-order valence-electron chi connectivity index (χ2n) is 6.70. The summed E-state index contributed by atoms with van der Waals surface area (Å²) in [5.41, 5.74) is 2.81. The van der Waals surface area contributed by atoms with Gasteiger partial charge < -0.3 is 15.5 Å². The Labute approximate surface area is 166 Å². The van der Waals surface area contributed by atoms with E-state index in [0.717, 1.165) is 31.5 Å². The average Bonchev–Trinajstić information content (AvgIpc) is 3.12. The molecule has 2 aromatic carbocycles. The van der Waals surface area contributed by atoms with E-state index in [4.69, 9.17) is 0 Å². The van der Waals surface area contributed by atoms with Crippen LogP contribution >= 0.6 is 12.4 Å². The van der Waals surface area contributed by atoms with Crippen molar-refractivity contribution in [2.24, 2.45) is 0 Å². The first-order valence-corrected chi connectivity index (χ1v) is 9.03. The lowest BCUT2D eigenvalue weighted by Crippen LogP contribution is -2.40. The first-order valence-electron chi connectivity index (χ1n) is 9.03. The summed E-state index contributed by atoms with van der Waals surface area (Å²) in [4.78, 5) is 27.3. The molecular formula is C21H26ClN3O2. The van der Waals surface area contributed by atoms with E-state index in [0.29, 0.717) is 16.8 Å². The summed E-state index contributed by atoms with van der Waals surface area (Å²) in [6, 6.07) is 14.8. The summed E-state index contributed by atoms with van der Waals surface area (Å²) in [6.45, 7) is 3.51. The van der Waals surface area contributed by atoms with Crippen LogP contribution in [0.4, 0.5) is 5.69 Å². The van der Waals surface area contributed by atoms with Gasteiger partial charge in [-0.15, -0.1) is 12.4 Å². The minimum absolute atomic E-state index is 0. The van der Waals surface area contributed by atoms with Gasteiger partial charge in [0.05, 0.1) is 0 Å². The number of likely N-dealkylation sites (N-methyl/N-ethyl adjacent to an activating group) is 1. The van der Waals surface area contributed by atoms with Gasteiger partial charge in [-0.3, -0.25) is 9.59 Å². The second kappa shape index (κ2) is 9.53. The van der Waals surface area contributed by atoms with Crippen LogP contribution in [0.5, 0.6) is 0 Å². The number of amides is 2. The highest BCUT2D eigenvalue weighted by atomic mass is 35.5. The molecule has 1 atom stereocenters. The maximum atomic E-state index is 12.9. The molecule has 1 fully saturated rings. The van der Waals surface area contributed by atoms with Crippen molar-refractivity contribution in [3.05, 3.63) is 65.2 Å². The van der Waals surface area contributed by atoms with E-state index in [1.165, 1.54) is 0 Å². The molecular weight excluding hydrogens is 362 g/mol. The van der Waals surface area contributed by atoms with E-state index in [1.54, 1.807) is 18.2 Å². The Bertz CT molecular complexity index is 795. The summed E-state index contributed by atoms with van der Waals surface area (Å²) in [6.07, 6.45) is 2.05. The molecule has 0 aliphatic carbocycles. The largest absolute Gasteiger partial charge is 0.334 e. The Kier molecular flexibility index (Phi) is 7.39. The van der Waals surface area contributed by atoms with E-state index in [-0.39, 0.29) is 30.3 Å². The first kappa shape index (κ1) is 20.9. The Hall–Kier alpha value is -2.37. The van der Waals surface area contributed by atoms with Crippen molar-refractivity contribution in [3.8, 4) is 0 Å². The number of nitrogens with one attached hydrogen (secondary N) is 2. The normalized spacial score (nSPS) is 15.9. The Balaban J connectivity index is 0.00000261. The molecule has 1 unspecified atom stereocenters. The zero-order valence-electron chi connectivity index (χ0n) is 15.7. The van der Waals surface area contributed by atoms with Crippen LogP contribution in [0.2, 0.25) is 0 Å². The molecule has 3 rings (SSSR count). The minimum Gasteiger partial charge on any atom is -0.334 e. The van der Waals surface area contributed by atoms with Crippen LogP contribution in [-0.4, -0.2) is 42.9 Å².